The Morgan fingerprint density at radius 1 is 1.07 bits per heavy atom. The lowest BCUT2D eigenvalue weighted by Crippen LogP contribution is -2.27. The molecule has 0 atom stereocenters. The predicted octanol–water partition coefficient (Wildman–Crippen LogP) is 4.97. The number of ketones is 1. The largest absolute Gasteiger partial charge is 0.497 e. The quantitative estimate of drug-likeness (QED) is 0.663. The number of carbonyl (C=O) groups excluding carboxylic acids is 2. The van der Waals surface area contributed by atoms with E-state index in [9.17, 15) is 9.59 Å². The van der Waals surface area contributed by atoms with Crippen molar-refractivity contribution in [2.24, 2.45) is 5.41 Å². The number of aryl methyl sites for hydroxylation is 1. The van der Waals surface area contributed by atoms with Gasteiger partial charge in [0.15, 0.2) is 5.76 Å². The number of carbonyl (C=O) groups is 2. The molecule has 0 aliphatic carbocycles. The van der Waals surface area contributed by atoms with Crippen LogP contribution in [0.3, 0.4) is 0 Å². The molecule has 140 valence electrons. The Morgan fingerprint density at radius 2 is 1.81 bits per heavy atom. The van der Waals surface area contributed by atoms with E-state index in [-0.39, 0.29) is 17.5 Å². The molecule has 3 aromatic rings. The smallest absolute Gasteiger partial charge is 0.229 e. The summed E-state index contributed by atoms with van der Waals surface area (Å²) in [5, 5.41) is 3.70. The minimum atomic E-state index is -0.492. The van der Waals surface area contributed by atoms with E-state index in [2.05, 4.69) is 5.32 Å². The number of methoxy groups -OCH3 is 1. The van der Waals surface area contributed by atoms with Gasteiger partial charge in [-0.15, -0.1) is 0 Å². The second-order valence-electron chi connectivity index (χ2n) is 7.53. The van der Waals surface area contributed by atoms with Gasteiger partial charge in [-0.25, -0.2) is 0 Å². The topological polar surface area (TPSA) is 68.5 Å². The molecule has 0 fully saturated rings. The van der Waals surface area contributed by atoms with Crippen molar-refractivity contribution in [1.29, 1.82) is 0 Å². The van der Waals surface area contributed by atoms with Crippen LogP contribution in [0.1, 0.15) is 42.5 Å². The Hall–Kier alpha value is -3.08. The first-order valence-electron chi connectivity index (χ1n) is 8.74. The zero-order valence-corrected chi connectivity index (χ0v) is 16.2. The SMILES string of the molecule is COc1cccc(C(=O)c2oc3ccc(NC(=O)C(C)(C)C)cc3c2C)c1. The highest BCUT2D eigenvalue weighted by Gasteiger charge is 2.23. The molecule has 27 heavy (non-hydrogen) atoms. The molecule has 1 amide bonds. The van der Waals surface area contributed by atoms with Crippen molar-refractivity contribution in [1.82, 2.24) is 0 Å². The lowest BCUT2D eigenvalue weighted by Gasteiger charge is -2.17. The fraction of sp³-hybridized carbons (Fsp3) is 0.273. The summed E-state index contributed by atoms with van der Waals surface area (Å²) in [7, 11) is 1.56. The average Bonchev–Trinajstić information content (AvgIpc) is 2.96. The zero-order chi connectivity index (χ0) is 19.8. The van der Waals surface area contributed by atoms with Gasteiger partial charge in [-0.05, 0) is 37.3 Å². The van der Waals surface area contributed by atoms with E-state index < -0.39 is 5.41 Å². The number of benzene rings is 2. The van der Waals surface area contributed by atoms with Gasteiger partial charge in [-0.1, -0.05) is 32.9 Å². The molecule has 2 aromatic carbocycles. The fourth-order valence-electron chi connectivity index (χ4n) is 2.73. The number of nitrogens with one attached hydrogen (secondary N) is 1. The summed E-state index contributed by atoms with van der Waals surface area (Å²) >= 11 is 0. The predicted molar refractivity (Wildman–Crippen MR) is 105 cm³/mol. The van der Waals surface area contributed by atoms with E-state index in [0.29, 0.717) is 22.6 Å². The van der Waals surface area contributed by atoms with E-state index in [0.717, 1.165) is 10.9 Å². The van der Waals surface area contributed by atoms with Crippen LogP contribution in [0.4, 0.5) is 5.69 Å². The molecule has 0 saturated carbocycles. The van der Waals surface area contributed by atoms with Crippen LogP contribution in [-0.2, 0) is 4.79 Å². The second kappa shape index (κ2) is 6.91. The Labute approximate surface area is 158 Å². The van der Waals surface area contributed by atoms with Gasteiger partial charge in [0.1, 0.15) is 11.3 Å². The summed E-state index contributed by atoms with van der Waals surface area (Å²) in [6, 6.07) is 12.3. The number of fused-ring (bicyclic) bond motifs is 1. The van der Waals surface area contributed by atoms with E-state index in [1.807, 2.05) is 33.8 Å². The Bertz CT molecular complexity index is 1020. The summed E-state index contributed by atoms with van der Waals surface area (Å²) in [5.74, 6) is 0.623. The summed E-state index contributed by atoms with van der Waals surface area (Å²) in [5.41, 5.74) is 2.02. The molecule has 5 nitrogen and oxygen atoms in total. The van der Waals surface area contributed by atoms with E-state index in [4.69, 9.17) is 9.15 Å². The Kier molecular flexibility index (Phi) is 4.79. The van der Waals surface area contributed by atoms with Crippen molar-refractivity contribution in [3.05, 3.63) is 59.4 Å². The molecule has 0 bridgehead atoms. The van der Waals surface area contributed by atoms with Gasteiger partial charge >= 0.3 is 0 Å². The number of amides is 1. The molecule has 0 aliphatic rings. The minimum Gasteiger partial charge on any atom is -0.497 e. The normalized spacial score (nSPS) is 11.4. The third kappa shape index (κ3) is 3.72. The highest BCUT2D eigenvalue weighted by atomic mass is 16.5. The Morgan fingerprint density at radius 3 is 2.48 bits per heavy atom. The summed E-state index contributed by atoms with van der Waals surface area (Å²) in [6.07, 6.45) is 0. The number of hydrogen-bond donors (Lipinski definition) is 1. The molecule has 0 aliphatic heterocycles. The van der Waals surface area contributed by atoms with Gasteiger partial charge in [-0.3, -0.25) is 9.59 Å². The number of anilines is 1. The lowest BCUT2D eigenvalue weighted by molar-refractivity contribution is -0.123. The summed E-state index contributed by atoms with van der Waals surface area (Å²) in [6.45, 7) is 7.41. The van der Waals surface area contributed by atoms with Crippen molar-refractivity contribution in [2.75, 3.05) is 12.4 Å². The first-order valence-corrected chi connectivity index (χ1v) is 8.74. The zero-order valence-electron chi connectivity index (χ0n) is 16.2. The van der Waals surface area contributed by atoms with Gasteiger partial charge < -0.3 is 14.5 Å². The second-order valence-corrected chi connectivity index (χ2v) is 7.53. The number of hydrogen-bond acceptors (Lipinski definition) is 4. The van der Waals surface area contributed by atoms with Crippen LogP contribution >= 0.6 is 0 Å². The van der Waals surface area contributed by atoms with Crippen molar-refractivity contribution in [3.63, 3.8) is 0 Å². The molecule has 1 heterocycles. The van der Waals surface area contributed by atoms with Crippen molar-refractivity contribution in [3.8, 4) is 5.75 Å². The van der Waals surface area contributed by atoms with Crippen LogP contribution in [-0.4, -0.2) is 18.8 Å². The maximum Gasteiger partial charge on any atom is 0.229 e. The molecule has 1 N–H and O–H groups in total. The first-order chi connectivity index (χ1) is 12.7. The number of rotatable bonds is 4. The van der Waals surface area contributed by atoms with Crippen LogP contribution in [0, 0.1) is 12.3 Å². The number of furan rings is 1. The molecule has 0 spiro atoms. The average molecular weight is 365 g/mol. The van der Waals surface area contributed by atoms with Gasteiger partial charge in [-0.2, -0.15) is 0 Å². The lowest BCUT2D eigenvalue weighted by atomic mass is 9.95. The summed E-state index contributed by atoms with van der Waals surface area (Å²) < 4.78 is 11.0. The van der Waals surface area contributed by atoms with E-state index >= 15 is 0 Å². The van der Waals surface area contributed by atoms with Crippen molar-refractivity contribution in [2.45, 2.75) is 27.7 Å². The minimum absolute atomic E-state index is 0.0734. The van der Waals surface area contributed by atoms with Crippen LogP contribution in [0.25, 0.3) is 11.0 Å². The molecular formula is C22H23NO4. The van der Waals surface area contributed by atoms with Crippen LogP contribution in [0.2, 0.25) is 0 Å². The van der Waals surface area contributed by atoms with Gasteiger partial charge in [0.25, 0.3) is 0 Å². The molecule has 0 unspecified atom stereocenters. The molecular weight excluding hydrogens is 342 g/mol. The molecule has 0 radical (unpaired) electrons. The maximum absolute atomic E-state index is 12.9. The molecule has 5 heteroatoms. The highest BCUT2D eigenvalue weighted by Crippen LogP contribution is 2.30. The fourth-order valence-corrected chi connectivity index (χ4v) is 2.73. The van der Waals surface area contributed by atoms with E-state index in [1.165, 1.54) is 0 Å². The number of ether oxygens (including phenoxy) is 1. The molecule has 3 rings (SSSR count). The summed E-state index contributed by atoms with van der Waals surface area (Å²) in [4.78, 5) is 25.1. The van der Waals surface area contributed by atoms with Gasteiger partial charge in [0.2, 0.25) is 11.7 Å². The van der Waals surface area contributed by atoms with Gasteiger partial charge in [0, 0.05) is 27.6 Å². The van der Waals surface area contributed by atoms with Crippen LogP contribution < -0.4 is 10.1 Å². The highest BCUT2D eigenvalue weighted by molar-refractivity contribution is 6.11. The maximum atomic E-state index is 12.9. The molecule has 1 aromatic heterocycles. The van der Waals surface area contributed by atoms with E-state index in [1.54, 1.807) is 43.5 Å². The van der Waals surface area contributed by atoms with Gasteiger partial charge in [0.05, 0.1) is 7.11 Å². The standard InChI is InChI=1S/C22H23NO4/c1-13-17-12-15(23-21(25)22(2,3)4)9-10-18(17)27-20(13)19(24)14-7-6-8-16(11-14)26-5/h6-12H,1-5H3,(H,23,25). The Balaban J connectivity index is 1.97. The third-order valence-electron chi connectivity index (χ3n) is 4.41. The van der Waals surface area contributed by atoms with Crippen LogP contribution in [0.15, 0.2) is 46.9 Å². The molecule has 0 saturated heterocycles. The monoisotopic (exact) mass is 365 g/mol. The van der Waals surface area contributed by atoms with Crippen molar-refractivity contribution < 1.29 is 18.7 Å². The third-order valence-corrected chi connectivity index (χ3v) is 4.41. The first kappa shape index (κ1) is 18.7. The van der Waals surface area contributed by atoms with Crippen molar-refractivity contribution >= 4 is 28.3 Å². The van der Waals surface area contributed by atoms with Crippen LogP contribution in [0.5, 0.6) is 5.75 Å².